The Morgan fingerprint density at radius 3 is 2.33 bits per heavy atom. The number of amides is 1. The zero-order chi connectivity index (χ0) is 28.4. The number of alkyl halides is 3. The summed E-state index contributed by atoms with van der Waals surface area (Å²) < 4.78 is 68.4. The highest BCUT2D eigenvalue weighted by Gasteiger charge is 2.35. The highest BCUT2D eigenvalue weighted by molar-refractivity contribution is 7.89. The fraction of sp³-hybridized carbons (Fsp3) is 0.269. The van der Waals surface area contributed by atoms with Crippen molar-refractivity contribution in [2.75, 3.05) is 44.3 Å². The fourth-order valence-electron chi connectivity index (χ4n) is 3.83. The molecular weight excluding hydrogens is 533 g/mol. The summed E-state index contributed by atoms with van der Waals surface area (Å²) in [7, 11) is -2.34. The Balaban J connectivity index is 1.67. The minimum absolute atomic E-state index is 0.0822. The summed E-state index contributed by atoms with van der Waals surface area (Å²) in [5.74, 6) is 5.08. The van der Waals surface area contributed by atoms with Crippen LogP contribution in [-0.2, 0) is 16.2 Å². The second kappa shape index (κ2) is 11.0. The molecule has 1 saturated heterocycles. The van der Waals surface area contributed by atoms with Crippen LogP contribution >= 0.6 is 0 Å². The van der Waals surface area contributed by atoms with Crippen molar-refractivity contribution < 1.29 is 26.4 Å². The van der Waals surface area contributed by atoms with Crippen LogP contribution in [0.1, 0.15) is 32.6 Å². The first-order valence-electron chi connectivity index (χ1n) is 11.8. The molecule has 0 radical (unpaired) electrons. The number of piperazine rings is 1. The predicted molar refractivity (Wildman–Crippen MR) is 139 cm³/mol. The standard InChI is InChI=1S/C26H25F3N6O3S/c1-17-3-5-20(13-19(17)6-4-18-15-31-25(30)32-16-18)24(36)33-22-14-21(26(27,28)29)7-8-23(22)39(37,38)35-11-9-34(2)10-12-35/h3,5,7-8,13-16H,9-12H2,1-2H3,(H,33,36)(H2,30,31,32). The second-order valence-electron chi connectivity index (χ2n) is 8.98. The van der Waals surface area contributed by atoms with E-state index in [-0.39, 0.29) is 24.6 Å². The van der Waals surface area contributed by atoms with Crippen molar-refractivity contribution in [3.63, 3.8) is 0 Å². The summed E-state index contributed by atoms with van der Waals surface area (Å²) in [6.45, 7) is 3.06. The lowest BCUT2D eigenvalue weighted by molar-refractivity contribution is -0.137. The van der Waals surface area contributed by atoms with E-state index >= 15 is 0 Å². The lowest BCUT2D eigenvalue weighted by Gasteiger charge is -2.32. The van der Waals surface area contributed by atoms with Crippen molar-refractivity contribution in [3.05, 3.63) is 76.6 Å². The normalized spacial score (nSPS) is 14.9. The molecule has 2 aromatic carbocycles. The molecule has 204 valence electrons. The van der Waals surface area contributed by atoms with Crippen molar-refractivity contribution in [2.45, 2.75) is 18.0 Å². The molecule has 0 saturated carbocycles. The van der Waals surface area contributed by atoms with Gasteiger partial charge in [-0.3, -0.25) is 4.79 Å². The number of halogens is 3. The van der Waals surface area contributed by atoms with E-state index in [2.05, 4.69) is 27.1 Å². The number of nitrogens with zero attached hydrogens (tertiary/aromatic N) is 4. The van der Waals surface area contributed by atoms with Gasteiger partial charge in [-0.05, 0) is 49.9 Å². The average Bonchev–Trinajstić information content (AvgIpc) is 2.88. The third-order valence-electron chi connectivity index (χ3n) is 6.15. The predicted octanol–water partition coefficient (Wildman–Crippen LogP) is 2.97. The third-order valence-corrected chi connectivity index (χ3v) is 8.11. The van der Waals surface area contributed by atoms with E-state index in [0.29, 0.717) is 36.3 Å². The van der Waals surface area contributed by atoms with Crippen LogP contribution in [0, 0.1) is 18.8 Å². The van der Waals surface area contributed by atoms with E-state index in [0.717, 1.165) is 11.6 Å². The quantitative estimate of drug-likeness (QED) is 0.473. The van der Waals surface area contributed by atoms with Crippen LogP contribution in [0.2, 0.25) is 0 Å². The number of carbonyl (C=O) groups excluding carboxylic acids is 1. The molecule has 13 heteroatoms. The molecule has 0 unspecified atom stereocenters. The number of benzene rings is 2. The van der Waals surface area contributed by atoms with E-state index in [1.165, 1.54) is 28.8 Å². The third kappa shape index (κ3) is 6.54. The smallest absolute Gasteiger partial charge is 0.368 e. The average molecular weight is 559 g/mol. The van der Waals surface area contributed by atoms with Gasteiger partial charge >= 0.3 is 6.18 Å². The van der Waals surface area contributed by atoms with E-state index in [1.807, 2.05) is 11.9 Å². The molecule has 4 rings (SSSR count). The van der Waals surface area contributed by atoms with Crippen LogP contribution in [0.3, 0.4) is 0 Å². The van der Waals surface area contributed by atoms with Crippen molar-refractivity contribution in [2.24, 2.45) is 0 Å². The molecule has 0 aliphatic carbocycles. The molecule has 9 nitrogen and oxygen atoms in total. The summed E-state index contributed by atoms with van der Waals surface area (Å²) in [4.78, 5) is 22.4. The van der Waals surface area contributed by atoms with Crippen molar-refractivity contribution in [1.82, 2.24) is 19.2 Å². The zero-order valence-corrected chi connectivity index (χ0v) is 21.9. The van der Waals surface area contributed by atoms with Crippen molar-refractivity contribution in [3.8, 4) is 11.8 Å². The number of nitrogens with two attached hydrogens (primary N) is 1. The minimum atomic E-state index is -4.74. The van der Waals surface area contributed by atoms with Gasteiger partial charge in [0.15, 0.2) is 0 Å². The van der Waals surface area contributed by atoms with E-state index < -0.39 is 38.3 Å². The molecule has 1 aliphatic rings. The minimum Gasteiger partial charge on any atom is -0.368 e. The number of sulfonamides is 1. The summed E-state index contributed by atoms with van der Waals surface area (Å²) in [6, 6.07) is 6.79. The lowest BCUT2D eigenvalue weighted by Crippen LogP contribution is -2.47. The second-order valence-corrected chi connectivity index (χ2v) is 10.9. The summed E-state index contributed by atoms with van der Waals surface area (Å²) in [5, 5.41) is 2.38. The lowest BCUT2D eigenvalue weighted by atomic mass is 10.0. The summed E-state index contributed by atoms with van der Waals surface area (Å²) >= 11 is 0. The molecule has 1 fully saturated rings. The molecule has 3 N–H and O–H groups in total. The Morgan fingerprint density at radius 2 is 1.69 bits per heavy atom. The Kier molecular flexibility index (Phi) is 7.91. The first-order valence-corrected chi connectivity index (χ1v) is 13.2. The van der Waals surface area contributed by atoms with E-state index in [4.69, 9.17) is 5.73 Å². The summed E-state index contributed by atoms with van der Waals surface area (Å²) in [5.41, 5.74) is 5.72. The maximum absolute atomic E-state index is 13.5. The van der Waals surface area contributed by atoms with Crippen LogP contribution in [0.4, 0.5) is 24.8 Å². The fourth-order valence-corrected chi connectivity index (χ4v) is 5.38. The Bertz CT molecular complexity index is 1560. The van der Waals surface area contributed by atoms with Gasteiger partial charge in [0.25, 0.3) is 5.91 Å². The number of likely N-dealkylation sites (N-methyl/N-ethyl adjacent to an activating group) is 1. The molecule has 0 atom stereocenters. The number of nitrogens with one attached hydrogen (secondary N) is 1. The van der Waals surface area contributed by atoms with Gasteiger partial charge in [0.05, 0.1) is 16.8 Å². The SMILES string of the molecule is Cc1ccc(C(=O)Nc2cc(C(F)(F)F)ccc2S(=O)(=O)N2CCN(C)CC2)cc1C#Cc1cnc(N)nc1. The number of rotatable bonds is 4. The molecule has 0 spiro atoms. The van der Waals surface area contributed by atoms with Gasteiger partial charge in [0, 0.05) is 49.7 Å². The molecule has 3 aromatic rings. The number of hydrogen-bond donors (Lipinski definition) is 2. The highest BCUT2D eigenvalue weighted by atomic mass is 32.2. The van der Waals surface area contributed by atoms with E-state index in [1.54, 1.807) is 13.0 Å². The molecule has 2 heterocycles. The van der Waals surface area contributed by atoms with Crippen molar-refractivity contribution in [1.29, 1.82) is 0 Å². The first-order chi connectivity index (χ1) is 18.3. The molecule has 0 bridgehead atoms. The van der Waals surface area contributed by atoms with Gasteiger partial charge in [0.1, 0.15) is 4.90 Å². The molecular formula is C26H25F3N6O3S. The van der Waals surface area contributed by atoms with Gasteiger partial charge in [-0.1, -0.05) is 17.9 Å². The van der Waals surface area contributed by atoms with Crippen LogP contribution in [0.5, 0.6) is 0 Å². The van der Waals surface area contributed by atoms with Gasteiger partial charge in [-0.2, -0.15) is 17.5 Å². The van der Waals surface area contributed by atoms with Crippen LogP contribution < -0.4 is 11.1 Å². The monoisotopic (exact) mass is 558 g/mol. The maximum Gasteiger partial charge on any atom is 0.416 e. The zero-order valence-electron chi connectivity index (χ0n) is 21.1. The molecule has 1 aliphatic heterocycles. The van der Waals surface area contributed by atoms with Crippen LogP contribution in [0.25, 0.3) is 0 Å². The van der Waals surface area contributed by atoms with E-state index in [9.17, 15) is 26.4 Å². The largest absolute Gasteiger partial charge is 0.416 e. The number of carbonyl (C=O) groups is 1. The number of nitrogen functional groups attached to an aromatic ring is 1. The van der Waals surface area contributed by atoms with Gasteiger partial charge < -0.3 is 16.0 Å². The number of aryl methyl sites for hydroxylation is 1. The first kappa shape index (κ1) is 28.0. The van der Waals surface area contributed by atoms with Gasteiger partial charge in [0.2, 0.25) is 16.0 Å². The van der Waals surface area contributed by atoms with Crippen LogP contribution in [0.15, 0.2) is 53.7 Å². The number of anilines is 2. The Labute approximate surface area is 223 Å². The van der Waals surface area contributed by atoms with Gasteiger partial charge in [-0.25, -0.2) is 18.4 Å². The Hall–Kier alpha value is -3.99. The van der Waals surface area contributed by atoms with Gasteiger partial charge in [-0.15, -0.1) is 0 Å². The van der Waals surface area contributed by atoms with Crippen LogP contribution in [-0.4, -0.2) is 66.7 Å². The molecule has 39 heavy (non-hydrogen) atoms. The number of hydrogen-bond acceptors (Lipinski definition) is 7. The maximum atomic E-state index is 13.5. The highest BCUT2D eigenvalue weighted by Crippen LogP contribution is 2.35. The van der Waals surface area contributed by atoms with Crippen molar-refractivity contribution >= 4 is 27.6 Å². The number of aromatic nitrogens is 2. The summed E-state index contributed by atoms with van der Waals surface area (Å²) in [6.07, 6.45) is -1.86. The Morgan fingerprint density at radius 1 is 1.03 bits per heavy atom. The molecule has 1 amide bonds. The molecule has 1 aromatic heterocycles. The topological polar surface area (TPSA) is 122 Å².